The molecule has 1 amide bonds. The van der Waals surface area contributed by atoms with Gasteiger partial charge in [-0.25, -0.2) is 0 Å². The summed E-state index contributed by atoms with van der Waals surface area (Å²) in [6.45, 7) is 0. The molecule has 0 aliphatic rings. The highest BCUT2D eigenvalue weighted by Crippen LogP contribution is 2.25. The van der Waals surface area contributed by atoms with Gasteiger partial charge in [-0.15, -0.1) is 0 Å². The average Bonchev–Trinajstić information content (AvgIpc) is 2.62. The number of hydrogen-bond acceptors (Lipinski definition) is 5. The van der Waals surface area contributed by atoms with Gasteiger partial charge in [0, 0.05) is 35.8 Å². The Kier molecular flexibility index (Phi) is 5.81. The first kappa shape index (κ1) is 16.9. The third kappa shape index (κ3) is 4.52. The van der Waals surface area contributed by atoms with Crippen molar-refractivity contribution >= 4 is 17.3 Å². The largest absolute Gasteiger partial charge is 0.497 e. The lowest BCUT2D eigenvalue weighted by atomic mass is 10.2. The summed E-state index contributed by atoms with van der Waals surface area (Å²) in [5.41, 5.74) is 1.19. The molecule has 0 aliphatic heterocycles. The van der Waals surface area contributed by atoms with E-state index in [1.165, 1.54) is 6.20 Å². The number of anilines is 2. The van der Waals surface area contributed by atoms with Crippen LogP contribution in [0.2, 0.25) is 0 Å². The fourth-order valence-electron chi connectivity index (χ4n) is 1.91. The van der Waals surface area contributed by atoms with Gasteiger partial charge in [0.1, 0.15) is 23.1 Å². The zero-order chi connectivity index (χ0) is 17.4. The lowest BCUT2D eigenvalue weighted by Crippen LogP contribution is -2.14. The smallest absolute Gasteiger partial charge is 0.267 e. The summed E-state index contributed by atoms with van der Waals surface area (Å²) in [6, 6.07) is 16.0. The summed E-state index contributed by atoms with van der Waals surface area (Å²) in [5, 5.41) is 14.7. The van der Waals surface area contributed by atoms with Gasteiger partial charge in [0.2, 0.25) is 0 Å². The van der Waals surface area contributed by atoms with Crippen molar-refractivity contribution in [1.82, 2.24) is 0 Å². The van der Waals surface area contributed by atoms with Crippen molar-refractivity contribution in [3.63, 3.8) is 0 Å². The van der Waals surface area contributed by atoms with Crippen molar-refractivity contribution in [1.29, 1.82) is 5.26 Å². The molecule has 2 N–H and O–H groups in total. The average molecular weight is 323 g/mol. The minimum absolute atomic E-state index is 0.0550. The van der Waals surface area contributed by atoms with Crippen molar-refractivity contribution in [2.45, 2.75) is 0 Å². The van der Waals surface area contributed by atoms with E-state index in [4.69, 9.17) is 9.47 Å². The van der Waals surface area contributed by atoms with E-state index in [1.54, 1.807) is 56.7 Å². The fraction of sp³-hybridized carbons (Fsp3) is 0.111. The van der Waals surface area contributed by atoms with E-state index in [2.05, 4.69) is 10.6 Å². The Hall–Kier alpha value is -3.46. The highest BCUT2D eigenvalue weighted by atomic mass is 16.5. The topological polar surface area (TPSA) is 83.4 Å². The molecule has 6 heteroatoms. The highest BCUT2D eigenvalue weighted by Gasteiger charge is 2.09. The maximum Gasteiger partial charge on any atom is 0.267 e. The van der Waals surface area contributed by atoms with Gasteiger partial charge in [-0.05, 0) is 12.1 Å². The van der Waals surface area contributed by atoms with Crippen LogP contribution in [0.1, 0.15) is 0 Å². The lowest BCUT2D eigenvalue weighted by Gasteiger charge is -2.09. The second kappa shape index (κ2) is 8.25. The van der Waals surface area contributed by atoms with Crippen molar-refractivity contribution in [3.05, 3.63) is 60.3 Å². The summed E-state index contributed by atoms with van der Waals surface area (Å²) in [7, 11) is 3.09. The molecule has 0 radical (unpaired) electrons. The van der Waals surface area contributed by atoms with E-state index in [1.807, 2.05) is 12.1 Å². The van der Waals surface area contributed by atoms with Crippen LogP contribution < -0.4 is 20.1 Å². The maximum atomic E-state index is 12.1. The normalized spacial score (nSPS) is 10.5. The maximum absolute atomic E-state index is 12.1. The Morgan fingerprint density at radius 1 is 1.04 bits per heavy atom. The molecular weight excluding hydrogens is 306 g/mol. The molecule has 122 valence electrons. The molecule has 0 unspecified atom stereocenters. The van der Waals surface area contributed by atoms with Crippen LogP contribution in [0.25, 0.3) is 0 Å². The van der Waals surface area contributed by atoms with Crippen LogP contribution in [-0.4, -0.2) is 20.1 Å². The van der Waals surface area contributed by atoms with Gasteiger partial charge in [0.15, 0.2) is 0 Å². The predicted molar refractivity (Wildman–Crippen MR) is 91.9 cm³/mol. The molecule has 0 aromatic heterocycles. The van der Waals surface area contributed by atoms with E-state index in [0.29, 0.717) is 22.9 Å². The molecule has 0 saturated carbocycles. The SMILES string of the molecule is COc1cc(NC=C(C#N)C(=O)Nc2ccccc2)cc(OC)c1. The Morgan fingerprint density at radius 2 is 1.67 bits per heavy atom. The molecule has 0 bridgehead atoms. The summed E-state index contributed by atoms with van der Waals surface area (Å²) in [5.74, 6) is 0.695. The summed E-state index contributed by atoms with van der Waals surface area (Å²) >= 11 is 0. The number of carbonyl (C=O) groups excluding carboxylic acids is 1. The van der Waals surface area contributed by atoms with Gasteiger partial charge in [-0.3, -0.25) is 4.79 Å². The monoisotopic (exact) mass is 323 g/mol. The molecule has 0 fully saturated rings. The molecule has 0 atom stereocenters. The second-order valence-corrected chi connectivity index (χ2v) is 4.74. The summed E-state index contributed by atoms with van der Waals surface area (Å²) in [6.07, 6.45) is 1.34. The number of nitrogens with one attached hydrogen (secondary N) is 2. The Morgan fingerprint density at radius 3 is 2.21 bits per heavy atom. The first-order valence-electron chi connectivity index (χ1n) is 7.12. The first-order valence-corrected chi connectivity index (χ1v) is 7.12. The van der Waals surface area contributed by atoms with E-state index in [9.17, 15) is 10.1 Å². The number of para-hydroxylation sites is 1. The molecule has 0 saturated heterocycles. The summed E-state index contributed by atoms with van der Waals surface area (Å²) < 4.78 is 10.3. The van der Waals surface area contributed by atoms with Crippen LogP contribution in [0.5, 0.6) is 11.5 Å². The molecule has 0 spiro atoms. The van der Waals surface area contributed by atoms with Crippen LogP contribution in [-0.2, 0) is 4.79 Å². The van der Waals surface area contributed by atoms with E-state index in [0.717, 1.165) is 0 Å². The van der Waals surface area contributed by atoms with Gasteiger partial charge in [0.05, 0.1) is 14.2 Å². The van der Waals surface area contributed by atoms with E-state index in [-0.39, 0.29) is 5.57 Å². The Bertz CT molecular complexity index is 758. The summed E-state index contributed by atoms with van der Waals surface area (Å²) in [4.78, 5) is 12.1. The number of nitrogens with zero attached hydrogens (tertiary/aromatic N) is 1. The molecule has 6 nitrogen and oxygen atoms in total. The zero-order valence-electron chi connectivity index (χ0n) is 13.4. The van der Waals surface area contributed by atoms with Gasteiger partial charge < -0.3 is 20.1 Å². The number of benzene rings is 2. The van der Waals surface area contributed by atoms with Gasteiger partial charge in [0.25, 0.3) is 5.91 Å². The third-order valence-electron chi connectivity index (χ3n) is 3.13. The fourth-order valence-corrected chi connectivity index (χ4v) is 1.91. The van der Waals surface area contributed by atoms with E-state index >= 15 is 0 Å². The van der Waals surface area contributed by atoms with Crippen LogP contribution in [0, 0.1) is 11.3 Å². The van der Waals surface area contributed by atoms with Crippen LogP contribution in [0.3, 0.4) is 0 Å². The highest BCUT2D eigenvalue weighted by molar-refractivity contribution is 6.06. The number of ether oxygens (including phenoxy) is 2. The zero-order valence-corrected chi connectivity index (χ0v) is 13.4. The number of rotatable bonds is 6. The molecule has 24 heavy (non-hydrogen) atoms. The molecule has 2 rings (SSSR count). The number of methoxy groups -OCH3 is 2. The number of nitriles is 1. The molecule has 2 aromatic rings. The number of carbonyl (C=O) groups is 1. The van der Waals surface area contributed by atoms with E-state index < -0.39 is 5.91 Å². The van der Waals surface area contributed by atoms with Crippen molar-refractivity contribution in [3.8, 4) is 17.6 Å². The first-order chi connectivity index (χ1) is 11.7. The van der Waals surface area contributed by atoms with Crippen LogP contribution in [0.15, 0.2) is 60.3 Å². The van der Waals surface area contributed by atoms with Gasteiger partial charge >= 0.3 is 0 Å². The van der Waals surface area contributed by atoms with Crippen molar-refractivity contribution < 1.29 is 14.3 Å². The van der Waals surface area contributed by atoms with Crippen LogP contribution in [0.4, 0.5) is 11.4 Å². The van der Waals surface area contributed by atoms with Crippen molar-refractivity contribution in [2.75, 3.05) is 24.9 Å². The molecule has 0 aliphatic carbocycles. The third-order valence-corrected chi connectivity index (χ3v) is 3.13. The number of hydrogen-bond donors (Lipinski definition) is 2. The molecular formula is C18H17N3O3. The van der Waals surface area contributed by atoms with Gasteiger partial charge in [-0.1, -0.05) is 18.2 Å². The Labute approximate surface area is 140 Å². The quantitative estimate of drug-likeness (QED) is 0.630. The molecule has 2 aromatic carbocycles. The Balaban J connectivity index is 2.13. The minimum Gasteiger partial charge on any atom is -0.497 e. The van der Waals surface area contributed by atoms with Crippen LogP contribution >= 0.6 is 0 Å². The van der Waals surface area contributed by atoms with Crippen molar-refractivity contribution in [2.24, 2.45) is 0 Å². The van der Waals surface area contributed by atoms with Gasteiger partial charge in [-0.2, -0.15) is 5.26 Å². The predicted octanol–water partition coefficient (Wildman–Crippen LogP) is 3.16. The minimum atomic E-state index is -0.494. The second-order valence-electron chi connectivity index (χ2n) is 4.74. The number of amides is 1. The lowest BCUT2D eigenvalue weighted by molar-refractivity contribution is -0.112. The standard InChI is InChI=1S/C18H17N3O3/c1-23-16-8-15(9-17(10-16)24-2)20-12-13(11-19)18(22)21-14-6-4-3-5-7-14/h3-10,12,20H,1-2H3,(H,21,22). The molecule has 0 heterocycles.